The lowest BCUT2D eigenvalue weighted by Gasteiger charge is -2.12. The van der Waals surface area contributed by atoms with Gasteiger partial charge in [0.05, 0.1) is 16.8 Å². The summed E-state index contributed by atoms with van der Waals surface area (Å²) in [6, 6.07) is 6.14. The molecule has 0 unspecified atom stereocenters. The number of hydrogen-bond acceptors (Lipinski definition) is 6. The number of hydroxylamine groups is 2. The molecule has 4 rings (SSSR count). The van der Waals surface area contributed by atoms with Crippen LogP contribution in [0.3, 0.4) is 0 Å². The Hall–Kier alpha value is -3.75. The van der Waals surface area contributed by atoms with Crippen LogP contribution < -0.4 is 5.56 Å². The number of benzene rings is 1. The Labute approximate surface area is 139 Å². The molecule has 2 amide bonds. The molecule has 0 aliphatic carbocycles. The molecule has 0 radical (unpaired) electrons. The Kier molecular flexibility index (Phi) is 3.04. The normalized spacial score (nSPS) is 13.4. The van der Waals surface area contributed by atoms with Gasteiger partial charge in [-0.3, -0.25) is 14.4 Å². The fourth-order valence-corrected chi connectivity index (χ4v) is 2.75. The Morgan fingerprint density at radius 3 is 2.40 bits per heavy atom. The summed E-state index contributed by atoms with van der Waals surface area (Å²) in [5.74, 6) is -2.49. The van der Waals surface area contributed by atoms with E-state index in [1.165, 1.54) is 36.0 Å². The highest BCUT2D eigenvalue weighted by molar-refractivity contribution is 6.21. The zero-order chi connectivity index (χ0) is 17.7. The third-order valence-corrected chi connectivity index (χ3v) is 3.87. The number of nitrogens with one attached hydrogen (secondary N) is 1. The lowest BCUT2D eigenvalue weighted by Crippen LogP contribution is -2.33. The van der Waals surface area contributed by atoms with Crippen molar-refractivity contribution in [2.45, 2.75) is 6.92 Å². The summed E-state index contributed by atoms with van der Waals surface area (Å²) in [4.78, 5) is 56.5. The number of imide groups is 1. The van der Waals surface area contributed by atoms with Gasteiger partial charge in [-0.2, -0.15) is 5.10 Å². The van der Waals surface area contributed by atoms with Gasteiger partial charge in [0.1, 0.15) is 11.1 Å². The van der Waals surface area contributed by atoms with Gasteiger partial charge in [-0.1, -0.05) is 17.2 Å². The molecule has 3 aromatic rings. The van der Waals surface area contributed by atoms with Gasteiger partial charge in [-0.25, -0.2) is 9.31 Å². The molecule has 25 heavy (non-hydrogen) atoms. The molecule has 0 fully saturated rings. The number of hydrogen-bond donors (Lipinski definition) is 1. The first-order chi connectivity index (χ1) is 12.0. The maximum Gasteiger partial charge on any atom is 0.368 e. The van der Waals surface area contributed by atoms with Gasteiger partial charge in [-0.15, -0.1) is 0 Å². The number of fused-ring (bicyclic) bond motifs is 2. The van der Waals surface area contributed by atoms with E-state index in [-0.39, 0.29) is 27.9 Å². The van der Waals surface area contributed by atoms with Crippen molar-refractivity contribution in [1.82, 2.24) is 19.7 Å². The minimum Gasteiger partial charge on any atom is -0.326 e. The molecule has 1 N–H and O–H groups in total. The summed E-state index contributed by atoms with van der Waals surface area (Å²) in [7, 11) is 0. The van der Waals surface area contributed by atoms with Gasteiger partial charge in [0.2, 0.25) is 0 Å². The van der Waals surface area contributed by atoms with Crippen LogP contribution in [0.1, 0.15) is 36.8 Å². The molecule has 0 bridgehead atoms. The smallest absolute Gasteiger partial charge is 0.326 e. The van der Waals surface area contributed by atoms with E-state index in [1.807, 2.05) is 0 Å². The van der Waals surface area contributed by atoms with Crippen molar-refractivity contribution in [2.24, 2.45) is 0 Å². The summed E-state index contributed by atoms with van der Waals surface area (Å²) < 4.78 is 1.23. The van der Waals surface area contributed by atoms with Crippen LogP contribution in [0.5, 0.6) is 0 Å². The number of amides is 2. The van der Waals surface area contributed by atoms with E-state index in [1.54, 1.807) is 12.1 Å². The Morgan fingerprint density at radius 2 is 1.76 bits per heavy atom. The Bertz CT molecular complexity index is 1090. The van der Waals surface area contributed by atoms with Crippen molar-refractivity contribution in [3.8, 4) is 0 Å². The second-order valence-corrected chi connectivity index (χ2v) is 5.37. The largest absolute Gasteiger partial charge is 0.368 e. The van der Waals surface area contributed by atoms with Crippen LogP contribution >= 0.6 is 0 Å². The van der Waals surface area contributed by atoms with Gasteiger partial charge in [-0.05, 0) is 19.1 Å². The number of nitrogens with zero attached hydrogens (tertiary/aromatic N) is 3. The molecule has 9 nitrogen and oxygen atoms in total. The molecule has 0 saturated carbocycles. The van der Waals surface area contributed by atoms with Crippen LogP contribution in [0.15, 0.2) is 41.5 Å². The standard InChI is InChI=1S/C16H10N4O5/c1-8-11(12-13(21)17-6-7-19(12)18-8)16(24)25-20-14(22)9-4-2-3-5-10(9)15(20)23/h2-7H,1H3,(H,17,21). The minimum absolute atomic E-state index is 0.0263. The van der Waals surface area contributed by atoms with Gasteiger partial charge < -0.3 is 9.82 Å². The number of carbonyl (C=O) groups excluding carboxylic acids is 3. The lowest BCUT2D eigenvalue weighted by molar-refractivity contribution is -0.0583. The summed E-state index contributed by atoms with van der Waals surface area (Å²) in [5.41, 5.74) is -0.153. The molecular weight excluding hydrogens is 328 g/mol. The molecule has 9 heteroatoms. The molecule has 0 atom stereocenters. The number of aromatic nitrogens is 3. The highest BCUT2D eigenvalue weighted by Gasteiger charge is 2.39. The zero-order valence-corrected chi connectivity index (χ0v) is 12.8. The predicted molar refractivity (Wildman–Crippen MR) is 82.9 cm³/mol. The van der Waals surface area contributed by atoms with Crippen LogP contribution in [0.2, 0.25) is 0 Å². The Balaban J connectivity index is 1.73. The van der Waals surface area contributed by atoms with E-state index in [9.17, 15) is 19.2 Å². The predicted octanol–water partition coefficient (Wildman–Crippen LogP) is 0.699. The summed E-state index contributed by atoms with van der Waals surface area (Å²) in [6.07, 6.45) is 2.84. The minimum atomic E-state index is -1.02. The first kappa shape index (κ1) is 14.8. The van der Waals surface area contributed by atoms with E-state index < -0.39 is 23.3 Å². The maximum absolute atomic E-state index is 12.5. The monoisotopic (exact) mass is 338 g/mol. The Morgan fingerprint density at radius 1 is 1.12 bits per heavy atom. The van der Waals surface area contributed by atoms with Crippen molar-refractivity contribution in [3.63, 3.8) is 0 Å². The maximum atomic E-state index is 12.5. The van der Waals surface area contributed by atoms with E-state index in [2.05, 4.69) is 10.1 Å². The number of rotatable bonds is 2. The van der Waals surface area contributed by atoms with Gasteiger partial charge in [0, 0.05) is 12.4 Å². The van der Waals surface area contributed by atoms with E-state index in [4.69, 9.17) is 4.84 Å². The number of H-pyrrole nitrogens is 1. The van der Waals surface area contributed by atoms with E-state index in [0.29, 0.717) is 5.06 Å². The van der Waals surface area contributed by atoms with Crippen molar-refractivity contribution >= 4 is 23.3 Å². The molecule has 0 spiro atoms. The summed E-state index contributed by atoms with van der Waals surface area (Å²) in [6.45, 7) is 1.52. The summed E-state index contributed by atoms with van der Waals surface area (Å²) >= 11 is 0. The van der Waals surface area contributed by atoms with Crippen LogP contribution in [-0.4, -0.2) is 37.4 Å². The average molecular weight is 338 g/mol. The fraction of sp³-hybridized carbons (Fsp3) is 0.0625. The van der Waals surface area contributed by atoms with Crippen LogP contribution in [0, 0.1) is 6.92 Å². The van der Waals surface area contributed by atoms with Crippen LogP contribution in [0.25, 0.3) is 5.52 Å². The molecular formula is C16H10N4O5. The first-order valence-electron chi connectivity index (χ1n) is 7.26. The topological polar surface area (TPSA) is 114 Å². The highest BCUT2D eigenvalue weighted by atomic mass is 16.7. The number of carbonyl (C=O) groups is 3. The van der Waals surface area contributed by atoms with Crippen LogP contribution in [-0.2, 0) is 4.84 Å². The van der Waals surface area contributed by atoms with Crippen molar-refractivity contribution in [1.29, 1.82) is 0 Å². The highest BCUT2D eigenvalue weighted by Crippen LogP contribution is 2.24. The van der Waals surface area contributed by atoms with Crippen molar-refractivity contribution in [3.05, 3.63) is 69.4 Å². The molecule has 2 aromatic heterocycles. The second kappa shape index (κ2) is 5.13. The van der Waals surface area contributed by atoms with Crippen molar-refractivity contribution < 1.29 is 19.2 Å². The molecule has 1 aliphatic heterocycles. The van der Waals surface area contributed by atoms with Crippen LogP contribution in [0.4, 0.5) is 0 Å². The first-order valence-corrected chi connectivity index (χ1v) is 7.26. The quantitative estimate of drug-likeness (QED) is 0.688. The summed E-state index contributed by atoms with van der Waals surface area (Å²) in [5, 5.41) is 4.45. The van der Waals surface area contributed by atoms with Gasteiger partial charge in [0.25, 0.3) is 17.4 Å². The number of aryl methyl sites for hydroxylation is 1. The average Bonchev–Trinajstić information content (AvgIpc) is 3.06. The third kappa shape index (κ3) is 2.06. The zero-order valence-electron chi connectivity index (χ0n) is 12.8. The second-order valence-electron chi connectivity index (χ2n) is 5.37. The van der Waals surface area contributed by atoms with E-state index in [0.717, 1.165) is 0 Å². The molecule has 1 aliphatic rings. The van der Waals surface area contributed by atoms with Gasteiger partial charge >= 0.3 is 5.97 Å². The fourth-order valence-electron chi connectivity index (χ4n) is 2.75. The molecule has 0 saturated heterocycles. The lowest BCUT2D eigenvalue weighted by atomic mass is 10.1. The SMILES string of the molecule is Cc1nn2cc[nH]c(=O)c2c1C(=O)ON1C(=O)c2ccccc2C1=O. The third-order valence-electron chi connectivity index (χ3n) is 3.87. The van der Waals surface area contributed by atoms with Gasteiger partial charge in [0.15, 0.2) is 0 Å². The number of aromatic amines is 1. The molecule has 3 heterocycles. The molecule has 124 valence electrons. The molecule has 1 aromatic carbocycles. The van der Waals surface area contributed by atoms with Crippen molar-refractivity contribution in [2.75, 3.05) is 0 Å². The van der Waals surface area contributed by atoms with E-state index >= 15 is 0 Å².